The molecule has 0 radical (unpaired) electrons. The molecule has 65 heavy (non-hydrogen) atoms. The van der Waals surface area contributed by atoms with E-state index in [-0.39, 0.29) is 5.41 Å². The van der Waals surface area contributed by atoms with Gasteiger partial charge in [0.15, 0.2) is 0 Å². The van der Waals surface area contributed by atoms with E-state index in [2.05, 4.69) is 235 Å². The normalized spacial score (nSPS) is 14.6. The molecule has 12 rings (SSSR count). The van der Waals surface area contributed by atoms with Gasteiger partial charge in [-0.15, -0.1) is 0 Å². The zero-order valence-corrected chi connectivity index (χ0v) is 40.3. The third-order valence-electron chi connectivity index (χ3n) is 14.4. The van der Waals surface area contributed by atoms with Crippen LogP contribution in [0.25, 0.3) is 66.9 Å². The van der Waals surface area contributed by atoms with E-state index in [0.29, 0.717) is 17.7 Å². The first kappa shape index (κ1) is 39.7. The fourth-order valence-electron chi connectivity index (χ4n) is 11.2. The Balaban J connectivity index is 1.25. The molecule has 0 bridgehead atoms. The van der Waals surface area contributed by atoms with Crippen LogP contribution in [0.1, 0.15) is 25.8 Å². The van der Waals surface area contributed by atoms with Gasteiger partial charge in [0, 0.05) is 0 Å². The Bertz CT molecular complexity index is 3280. The molecule has 11 aromatic rings. The van der Waals surface area contributed by atoms with Gasteiger partial charge in [0.05, 0.1) is 0 Å². The molecule has 0 saturated carbocycles. The van der Waals surface area contributed by atoms with Crippen LogP contribution in [0.15, 0.2) is 200 Å². The van der Waals surface area contributed by atoms with Gasteiger partial charge in [0.25, 0.3) is 0 Å². The predicted octanol–water partition coefficient (Wildman–Crippen LogP) is 10.7. The molecule has 8 aromatic carbocycles. The quantitative estimate of drug-likeness (QED) is 0.118. The Labute approximate surface area is 383 Å². The molecular formula is C58H49GeN5Si. The van der Waals surface area contributed by atoms with E-state index in [4.69, 9.17) is 15.0 Å². The average molecular weight is 917 g/mol. The van der Waals surface area contributed by atoms with Crippen LogP contribution in [0.4, 0.5) is 0 Å². The Hall–Kier alpha value is -6.87. The summed E-state index contributed by atoms with van der Waals surface area (Å²) in [6.07, 6.45) is 1.16. The SMILES string of the molecule is CC1(C)C[CH2][Ge]([CH3])([CH3])[c]2c1cc(-c1nc(-n3c4ccccc4c4ccccc43)nc(-n3c4ccccc4c4ccccc43)n1)cc2[Si](c1ccccc1)(c1ccccc1)c1ccccc1. The van der Waals surface area contributed by atoms with E-state index in [0.717, 1.165) is 34.1 Å². The predicted molar refractivity (Wildman–Crippen MR) is 277 cm³/mol. The van der Waals surface area contributed by atoms with Crippen molar-refractivity contribution in [1.29, 1.82) is 0 Å². The summed E-state index contributed by atoms with van der Waals surface area (Å²) in [5.41, 5.74) is 6.66. The van der Waals surface area contributed by atoms with Crippen molar-refractivity contribution in [2.45, 2.75) is 42.4 Å². The zero-order valence-electron chi connectivity index (χ0n) is 37.2. The van der Waals surface area contributed by atoms with Crippen molar-refractivity contribution in [3.05, 3.63) is 206 Å². The molecule has 1 aliphatic rings. The molecule has 0 unspecified atom stereocenters. The second-order valence-electron chi connectivity index (χ2n) is 19.1. The summed E-state index contributed by atoms with van der Waals surface area (Å²) < 4.78 is 6.13. The number of hydrogen-bond acceptors (Lipinski definition) is 3. The van der Waals surface area contributed by atoms with E-state index in [1.807, 2.05) is 0 Å². The first-order valence-corrected chi connectivity index (χ1v) is 31.6. The molecule has 314 valence electrons. The van der Waals surface area contributed by atoms with Gasteiger partial charge in [0.2, 0.25) is 0 Å². The third kappa shape index (κ3) is 6.14. The summed E-state index contributed by atoms with van der Waals surface area (Å²) in [7, 11) is -3.01. The summed E-state index contributed by atoms with van der Waals surface area (Å²) in [6.45, 7) is 4.93. The molecule has 0 fully saturated rings. The summed E-state index contributed by atoms with van der Waals surface area (Å²) in [5, 5.41) is 11.6. The van der Waals surface area contributed by atoms with E-state index in [1.165, 1.54) is 53.1 Å². The first-order valence-electron chi connectivity index (χ1n) is 22.8. The van der Waals surface area contributed by atoms with E-state index in [1.54, 1.807) is 4.40 Å². The van der Waals surface area contributed by atoms with Crippen LogP contribution in [0.5, 0.6) is 0 Å². The number of nitrogens with zero attached hydrogens (tertiary/aromatic N) is 5. The van der Waals surface area contributed by atoms with Crippen molar-refractivity contribution in [2.75, 3.05) is 0 Å². The van der Waals surface area contributed by atoms with Crippen LogP contribution in [0.2, 0.25) is 16.8 Å². The first-order chi connectivity index (χ1) is 31.7. The standard InChI is InChI=1S/C58H49GeN5Si/c1-58(2)36-37-59(3,4)54-48(58)38-40(39-53(54)65(41-22-8-5-9-23-41,42-24-10-6-11-25-42)43-26-12-7-13-27-43)55-60-56(63-49-32-18-14-28-44(49)45-29-15-19-33-50(45)63)62-57(61-55)64-51-34-20-16-30-46(51)47-31-17-21-35-52(47)64/h5-35,38-39H,36-37H2,1-4H3. The number of hydrogen-bond donors (Lipinski definition) is 0. The number of rotatable bonds is 7. The summed E-state index contributed by atoms with van der Waals surface area (Å²) in [4.78, 5) is 16.8. The van der Waals surface area contributed by atoms with Gasteiger partial charge in [-0.2, -0.15) is 0 Å². The van der Waals surface area contributed by atoms with Crippen LogP contribution in [-0.2, 0) is 5.41 Å². The van der Waals surface area contributed by atoms with E-state index < -0.39 is 21.3 Å². The molecule has 0 N–H and O–H groups in total. The topological polar surface area (TPSA) is 48.5 Å². The fraction of sp³-hybridized carbons (Fsp3) is 0.121. The molecule has 0 amide bonds. The van der Waals surface area contributed by atoms with Crippen molar-refractivity contribution in [2.24, 2.45) is 0 Å². The summed E-state index contributed by atoms with van der Waals surface area (Å²) in [6, 6.07) is 73.7. The van der Waals surface area contributed by atoms with Crippen molar-refractivity contribution >= 4 is 90.1 Å². The number of aromatic nitrogens is 5. The van der Waals surface area contributed by atoms with Crippen molar-refractivity contribution in [3.8, 4) is 23.3 Å². The minimum absolute atomic E-state index is 0.0660. The van der Waals surface area contributed by atoms with E-state index in [9.17, 15) is 0 Å². The van der Waals surface area contributed by atoms with E-state index >= 15 is 0 Å². The minimum atomic E-state index is -3.01. The maximum absolute atomic E-state index is 5.65. The molecule has 0 spiro atoms. The Morgan fingerprint density at radius 2 is 0.831 bits per heavy atom. The van der Waals surface area contributed by atoms with Crippen LogP contribution in [0, 0.1) is 0 Å². The molecule has 5 nitrogen and oxygen atoms in total. The maximum atomic E-state index is 5.65. The number of fused-ring (bicyclic) bond motifs is 7. The molecule has 3 aromatic heterocycles. The molecule has 0 saturated heterocycles. The number of para-hydroxylation sites is 4. The average Bonchev–Trinajstić information content (AvgIpc) is 3.87. The zero-order chi connectivity index (χ0) is 43.9. The van der Waals surface area contributed by atoms with Crippen molar-refractivity contribution in [3.63, 3.8) is 0 Å². The second kappa shape index (κ2) is 15.1. The van der Waals surface area contributed by atoms with Gasteiger partial charge < -0.3 is 0 Å². The van der Waals surface area contributed by atoms with Gasteiger partial charge in [-0.1, -0.05) is 0 Å². The van der Waals surface area contributed by atoms with Crippen LogP contribution in [0.3, 0.4) is 0 Å². The fourth-order valence-corrected chi connectivity index (χ4v) is 26.3. The van der Waals surface area contributed by atoms with Crippen LogP contribution in [-0.4, -0.2) is 45.4 Å². The van der Waals surface area contributed by atoms with Gasteiger partial charge >= 0.3 is 386 Å². The molecular weight excluding hydrogens is 867 g/mol. The van der Waals surface area contributed by atoms with Gasteiger partial charge in [-0.3, -0.25) is 0 Å². The molecule has 7 heteroatoms. The van der Waals surface area contributed by atoms with Gasteiger partial charge in [0.1, 0.15) is 0 Å². The Morgan fingerprint density at radius 1 is 0.462 bits per heavy atom. The van der Waals surface area contributed by atoms with Crippen LogP contribution < -0.4 is 25.1 Å². The Morgan fingerprint density at radius 3 is 1.23 bits per heavy atom. The van der Waals surface area contributed by atoms with Gasteiger partial charge in [-0.25, -0.2) is 0 Å². The van der Waals surface area contributed by atoms with Crippen molar-refractivity contribution in [1.82, 2.24) is 24.1 Å². The molecule has 0 atom stereocenters. The third-order valence-corrected chi connectivity index (χ3v) is 26.8. The van der Waals surface area contributed by atoms with Gasteiger partial charge in [-0.05, 0) is 0 Å². The summed E-state index contributed by atoms with van der Waals surface area (Å²) in [5.74, 6) is 7.17. The monoisotopic (exact) mass is 917 g/mol. The molecule has 4 heterocycles. The molecule has 1 aliphatic heterocycles. The van der Waals surface area contributed by atoms with Crippen molar-refractivity contribution < 1.29 is 0 Å². The summed E-state index contributed by atoms with van der Waals surface area (Å²) >= 11 is -2.71. The second-order valence-corrected chi connectivity index (χ2v) is 32.8. The Kier molecular flexibility index (Phi) is 9.23. The molecule has 0 aliphatic carbocycles. The number of benzene rings is 8. The van der Waals surface area contributed by atoms with Crippen LogP contribution >= 0.6 is 0 Å².